The van der Waals surface area contributed by atoms with Crippen molar-refractivity contribution in [1.82, 2.24) is 4.90 Å². The van der Waals surface area contributed by atoms with Gasteiger partial charge >= 0.3 is 0 Å². The number of likely N-dealkylation sites (tertiary alicyclic amines) is 1. The van der Waals surface area contributed by atoms with Crippen LogP contribution in [-0.4, -0.2) is 42.4 Å². The average molecular weight is 255 g/mol. The highest BCUT2D eigenvalue weighted by molar-refractivity contribution is 5.76. The highest BCUT2D eigenvalue weighted by Gasteiger charge is 2.43. The molecule has 1 unspecified atom stereocenters. The van der Waals surface area contributed by atoms with Crippen LogP contribution < -0.4 is 0 Å². The minimum atomic E-state index is -0.405. The summed E-state index contributed by atoms with van der Waals surface area (Å²) in [6, 6.07) is 0. The Morgan fingerprint density at radius 3 is 2.39 bits per heavy atom. The molecule has 18 heavy (non-hydrogen) atoms. The molecule has 2 fully saturated rings. The Balaban J connectivity index is 1.85. The summed E-state index contributed by atoms with van der Waals surface area (Å²) in [5.74, 6) is -0.152. The molecule has 0 aromatic heterocycles. The van der Waals surface area contributed by atoms with Crippen molar-refractivity contribution in [2.24, 2.45) is 5.41 Å². The zero-order valence-electron chi connectivity index (χ0n) is 12.0. The molecule has 2 heterocycles. The molecule has 0 aromatic rings. The second-order valence-electron chi connectivity index (χ2n) is 6.77. The average Bonchev–Trinajstić information content (AvgIpc) is 2.58. The normalized spacial score (nSPS) is 27.8. The van der Waals surface area contributed by atoms with E-state index >= 15 is 0 Å². The maximum atomic E-state index is 12.1. The predicted octanol–water partition coefficient (Wildman–Crippen LogP) is 2.18. The summed E-state index contributed by atoms with van der Waals surface area (Å²) >= 11 is 0. The third kappa shape index (κ3) is 3.23. The minimum absolute atomic E-state index is 0.0566. The number of nitrogens with zero attached hydrogens (tertiary/aromatic N) is 1. The summed E-state index contributed by atoms with van der Waals surface area (Å²) in [7, 11) is 0. The monoisotopic (exact) mass is 255 g/mol. The lowest BCUT2D eigenvalue weighted by Crippen LogP contribution is -2.48. The van der Waals surface area contributed by atoms with Gasteiger partial charge in [0.05, 0.1) is 12.7 Å². The smallest absolute Gasteiger partial charge is 0.223 e. The molecule has 4 heteroatoms. The van der Waals surface area contributed by atoms with Gasteiger partial charge in [0.1, 0.15) is 0 Å². The molecule has 0 bridgehead atoms. The number of hydrogen-bond donors (Lipinski definition) is 0. The number of carbonyl (C=O) groups excluding carboxylic acids is 1. The van der Waals surface area contributed by atoms with E-state index in [9.17, 15) is 4.79 Å². The van der Waals surface area contributed by atoms with Crippen LogP contribution in [0.15, 0.2) is 0 Å². The minimum Gasteiger partial charge on any atom is -0.347 e. The standard InChI is InChI=1S/C14H25NO3/c1-11-10-17-14(18-11)5-7-15(8-6-14)12(16)9-13(2,3)4/h11H,5-10H2,1-4H3. The van der Waals surface area contributed by atoms with E-state index in [1.54, 1.807) is 0 Å². The second-order valence-corrected chi connectivity index (χ2v) is 6.77. The molecule has 2 rings (SSSR count). The highest BCUT2D eigenvalue weighted by atomic mass is 16.7. The summed E-state index contributed by atoms with van der Waals surface area (Å²) < 4.78 is 11.6. The molecule has 0 aliphatic carbocycles. The van der Waals surface area contributed by atoms with Crippen molar-refractivity contribution in [3.05, 3.63) is 0 Å². The molecule has 0 radical (unpaired) electrons. The van der Waals surface area contributed by atoms with Crippen LogP contribution >= 0.6 is 0 Å². The Kier molecular flexibility index (Phi) is 3.70. The van der Waals surface area contributed by atoms with Gasteiger partial charge in [0, 0.05) is 32.4 Å². The Labute approximate surface area is 110 Å². The first kappa shape index (κ1) is 13.8. The zero-order chi connectivity index (χ0) is 13.4. The molecule has 4 nitrogen and oxygen atoms in total. The first-order valence-corrected chi connectivity index (χ1v) is 6.89. The number of rotatable bonds is 1. The summed E-state index contributed by atoms with van der Waals surface area (Å²) in [5, 5.41) is 0. The second kappa shape index (κ2) is 4.82. The lowest BCUT2D eigenvalue weighted by Gasteiger charge is -2.38. The van der Waals surface area contributed by atoms with Crippen molar-refractivity contribution in [2.45, 2.75) is 58.8 Å². The number of carbonyl (C=O) groups is 1. The first-order chi connectivity index (χ1) is 8.30. The van der Waals surface area contributed by atoms with Crippen molar-refractivity contribution in [2.75, 3.05) is 19.7 Å². The number of piperidine rings is 1. The molecule has 2 saturated heterocycles. The Bertz CT molecular complexity index is 313. The van der Waals surface area contributed by atoms with Gasteiger partial charge in [-0.05, 0) is 12.3 Å². The fourth-order valence-corrected chi connectivity index (χ4v) is 2.63. The topological polar surface area (TPSA) is 38.8 Å². The van der Waals surface area contributed by atoms with Gasteiger partial charge in [-0.3, -0.25) is 4.79 Å². The summed E-state index contributed by atoms with van der Waals surface area (Å²) in [4.78, 5) is 14.1. The molecule has 0 N–H and O–H groups in total. The van der Waals surface area contributed by atoms with Gasteiger partial charge in [0.2, 0.25) is 5.91 Å². The lowest BCUT2D eigenvalue weighted by molar-refractivity contribution is -0.195. The zero-order valence-corrected chi connectivity index (χ0v) is 12.0. The third-order valence-corrected chi connectivity index (χ3v) is 3.56. The molecule has 0 saturated carbocycles. The van der Waals surface area contributed by atoms with Crippen LogP contribution in [0.2, 0.25) is 0 Å². The maximum Gasteiger partial charge on any atom is 0.223 e. The van der Waals surface area contributed by atoms with Gasteiger partial charge < -0.3 is 14.4 Å². The van der Waals surface area contributed by atoms with Gasteiger partial charge in [-0.2, -0.15) is 0 Å². The van der Waals surface area contributed by atoms with Crippen LogP contribution in [0.5, 0.6) is 0 Å². The third-order valence-electron chi connectivity index (χ3n) is 3.56. The predicted molar refractivity (Wildman–Crippen MR) is 69.1 cm³/mol. The van der Waals surface area contributed by atoms with E-state index in [2.05, 4.69) is 20.8 Å². The van der Waals surface area contributed by atoms with E-state index in [0.29, 0.717) is 13.0 Å². The van der Waals surface area contributed by atoms with E-state index in [1.807, 2.05) is 11.8 Å². The van der Waals surface area contributed by atoms with E-state index in [1.165, 1.54) is 0 Å². The number of ether oxygens (including phenoxy) is 2. The van der Waals surface area contributed by atoms with Gasteiger partial charge in [0.15, 0.2) is 5.79 Å². The molecule has 1 spiro atoms. The van der Waals surface area contributed by atoms with E-state index in [0.717, 1.165) is 25.9 Å². The van der Waals surface area contributed by atoms with Crippen molar-refractivity contribution in [3.8, 4) is 0 Å². The van der Waals surface area contributed by atoms with E-state index in [4.69, 9.17) is 9.47 Å². The summed E-state index contributed by atoms with van der Waals surface area (Å²) in [5.41, 5.74) is 0.0566. The molecule has 1 atom stereocenters. The lowest BCUT2D eigenvalue weighted by atomic mass is 9.91. The van der Waals surface area contributed by atoms with E-state index in [-0.39, 0.29) is 17.4 Å². The number of hydrogen-bond acceptors (Lipinski definition) is 3. The van der Waals surface area contributed by atoms with Crippen LogP contribution in [0.3, 0.4) is 0 Å². The van der Waals surface area contributed by atoms with Crippen LogP contribution in [0.25, 0.3) is 0 Å². The maximum absolute atomic E-state index is 12.1. The largest absolute Gasteiger partial charge is 0.347 e. The quantitative estimate of drug-likeness (QED) is 0.721. The van der Waals surface area contributed by atoms with Crippen molar-refractivity contribution in [1.29, 1.82) is 0 Å². The first-order valence-electron chi connectivity index (χ1n) is 6.89. The van der Waals surface area contributed by atoms with Gasteiger partial charge in [-0.25, -0.2) is 0 Å². The van der Waals surface area contributed by atoms with Gasteiger partial charge in [-0.1, -0.05) is 20.8 Å². The fraction of sp³-hybridized carbons (Fsp3) is 0.929. The van der Waals surface area contributed by atoms with Crippen LogP contribution in [-0.2, 0) is 14.3 Å². The number of amides is 1. The highest BCUT2D eigenvalue weighted by Crippen LogP contribution is 2.34. The molecular weight excluding hydrogens is 230 g/mol. The van der Waals surface area contributed by atoms with Gasteiger partial charge in [-0.15, -0.1) is 0 Å². The Morgan fingerprint density at radius 2 is 1.94 bits per heavy atom. The molecule has 2 aliphatic heterocycles. The van der Waals surface area contributed by atoms with E-state index < -0.39 is 5.79 Å². The summed E-state index contributed by atoms with van der Waals surface area (Å²) in [6.45, 7) is 10.5. The van der Waals surface area contributed by atoms with Crippen LogP contribution in [0, 0.1) is 5.41 Å². The van der Waals surface area contributed by atoms with Gasteiger partial charge in [0.25, 0.3) is 0 Å². The Hall–Kier alpha value is -0.610. The fourth-order valence-electron chi connectivity index (χ4n) is 2.63. The van der Waals surface area contributed by atoms with Crippen molar-refractivity contribution >= 4 is 5.91 Å². The molecule has 1 amide bonds. The van der Waals surface area contributed by atoms with Crippen molar-refractivity contribution < 1.29 is 14.3 Å². The van der Waals surface area contributed by atoms with Crippen molar-refractivity contribution in [3.63, 3.8) is 0 Å². The molecule has 0 aromatic carbocycles. The molecular formula is C14H25NO3. The summed E-state index contributed by atoms with van der Waals surface area (Å²) in [6.07, 6.45) is 2.39. The Morgan fingerprint density at radius 1 is 1.33 bits per heavy atom. The van der Waals surface area contributed by atoms with Crippen LogP contribution in [0.1, 0.15) is 47.0 Å². The SMILES string of the molecule is CC1COC2(CCN(C(=O)CC(C)(C)C)CC2)O1. The van der Waals surface area contributed by atoms with Crippen LogP contribution in [0.4, 0.5) is 0 Å². The molecule has 2 aliphatic rings. The molecule has 104 valence electrons.